The highest BCUT2D eigenvalue weighted by Gasteiger charge is 2.29. The van der Waals surface area contributed by atoms with Crippen LogP contribution in [-0.2, 0) is 11.2 Å². The minimum absolute atomic E-state index is 0.467. The Hall–Kier alpha value is -1.36. The lowest BCUT2D eigenvalue weighted by Gasteiger charge is -2.24. The Bertz CT molecular complexity index is 496. The third-order valence-electron chi connectivity index (χ3n) is 3.16. The van der Waals surface area contributed by atoms with Gasteiger partial charge < -0.3 is 14.6 Å². The maximum atomic E-state index is 11.3. The average molecular weight is 282 g/mol. The lowest BCUT2D eigenvalue weighted by atomic mass is 9.86. The molecule has 1 aliphatic rings. The fourth-order valence-electron chi connectivity index (χ4n) is 1.99. The summed E-state index contributed by atoms with van der Waals surface area (Å²) in [4.78, 5) is 12.3. The highest BCUT2D eigenvalue weighted by atomic mass is 32.2. The molecular formula is C14H18O4S. The molecule has 0 fully saturated rings. The number of thioether (sulfide) groups is 1. The van der Waals surface area contributed by atoms with Crippen molar-refractivity contribution in [2.24, 2.45) is 5.41 Å². The predicted octanol–water partition coefficient (Wildman–Crippen LogP) is 2.83. The van der Waals surface area contributed by atoms with Gasteiger partial charge in [0.2, 0.25) is 0 Å². The Morgan fingerprint density at radius 3 is 2.42 bits per heavy atom. The van der Waals surface area contributed by atoms with E-state index in [0.717, 1.165) is 16.2 Å². The molecule has 1 aromatic carbocycles. The van der Waals surface area contributed by atoms with Gasteiger partial charge in [-0.25, -0.2) is 0 Å². The van der Waals surface area contributed by atoms with Gasteiger partial charge in [-0.05, 0) is 44.2 Å². The molecule has 0 saturated carbocycles. The number of rotatable bonds is 4. The van der Waals surface area contributed by atoms with E-state index in [1.807, 2.05) is 18.4 Å². The first-order chi connectivity index (χ1) is 8.94. The molecule has 1 heterocycles. The topological polar surface area (TPSA) is 55.8 Å². The first-order valence-corrected chi connectivity index (χ1v) is 7.36. The van der Waals surface area contributed by atoms with E-state index in [2.05, 4.69) is 0 Å². The van der Waals surface area contributed by atoms with Crippen LogP contribution >= 0.6 is 11.8 Å². The first-order valence-electron chi connectivity index (χ1n) is 6.14. The maximum absolute atomic E-state index is 11.3. The van der Waals surface area contributed by atoms with Crippen LogP contribution in [0.15, 0.2) is 17.0 Å². The quantitative estimate of drug-likeness (QED) is 0.861. The lowest BCUT2D eigenvalue weighted by Crippen LogP contribution is -2.26. The zero-order valence-electron chi connectivity index (χ0n) is 11.4. The summed E-state index contributed by atoms with van der Waals surface area (Å²) < 4.78 is 11.1. The van der Waals surface area contributed by atoms with Crippen molar-refractivity contribution in [3.05, 3.63) is 17.7 Å². The van der Waals surface area contributed by atoms with Gasteiger partial charge in [-0.1, -0.05) is 0 Å². The average Bonchev–Trinajstić information content (AvgIpc) is 2.37. The molecule has 0 radical (unpaired) electrons. The highest BCUT2D eigenvalue weighted by Crippen LogP contribution is 2.38. The largest absolute Gasteiger partial charge is 0.486 e. The summed E-state index contributed by atoms with van der Waals surface area (Å²) >= 11 is 1.59. The molecule has 0 atom stereocenters. The molecule has 4 nitrogen and oxygen atoms in total. The van der Waals surface area contributed by atoms with E-state index >= 15 is 0 Å². The highest BCUT2D eigenvalue weighted by molar-refractivity contribution is 7.98. The number of fused-ring (bicyclic) bond motifs is 1. The summed E-state index contributed by atoms with van der Waals surface area (Å²) in [6, 6.07) is 3.84. The minimum Gasteiger partial charge on any atom is -0.486 e. The van der Waals surface area contributed by atoms with Crippen LogP contribution in [0, 0.1) is 5.41 Å². The van der Waals surface area contributed by atoms with Gasteiger partial charge in [0.1, 0.15) is 13.2 Å². The van der Waals surface area contributed by atoms with E-state index in [-0.39, 0.29) is 0 Å². The standard InChI is InChI=1S/C14H18O4S/c1-14(2,13(15)16)8-9-6-10-11(7-12(9)19-3)18-5-4-17-10/h6-7H,4-5,8H2,1-3H3,(H,15,16). The summed E-state index contributed by atoms with van der Waals surface area (Å²) in [6.07, 6.45) is 2.44. The molecule has 0 bridgehead atoms. The van der Waals surface area contributed by atoms with Crippen molar-refractivity contribution in [2.75, 3.05) is 19.5 Å². The zero-order valence-corrected chi connectivity index (χ0v) is 12.2. The van der Waals surface area contributed by atoms with E-state index in [9.17, 15) is 9.90 Å². The van der Waals surface area contributed by atoms with E-state index < -0.39 is 11.4 Å². The fraction of sp³-hybridized carbons (Fsp3) is 0.500. The van der Waals surface area contributed by atoms with E-state index in [0.29, 0.717) is 25.4 Å². The minimum atomic E-state index is -0.797. The summed E-state index contributed by atoms with van der Waals surface area (Å²) in [5.41, 5.74) is 0.193. The molecule has 0 saturated heterocycles. The number of ether oxygens (including phenoxy) is 2. The summed E-state index contributed by atoms with van der Waals surface area (Å²) in [6.45, 7) is 4.56. The van der Waals surface area contributed by atoms with Gasteiger partial charge in [-0.3, -0.25) is 4.79 Å². The monoisotopic (exact) mass is 282 g/mol. The maximum Gasteiger partial charge on any atom is 0.309 e. The predicted molar refractivity (Wildman–Crippen MR) is 74.3 cm³/mol. The number of carbonyl (C=O) groups is 1. The molecule has 1 N–H and O–H groups in total. The van der Waals surface area contributed by atoms with Crippen LogP contribution in [0.25, 0.3) is 0 Å². The number of carboxylic acids is 1. The van der Waals surface area contributed by atoms with Gasteiger partial charge >= 0.3 is 5.97 Å². The molecule has 0 aliphatic carbocycles. The molecule has 2 rings (SSSR count). The van der Waals surface area contributed by atoms with Gasteiger partial charge in [0.05, 0.1) is 5.41 Å². The second kappa shape index (κ2) is 5.33. The zero-order chi connectivity index (χ0) is 14.0. The molecule has 0 unspecified atom stereocenters. The Kier molecular flexibility index (Phi) is 3.94. The van der Waals surface area contributed by atoms with Crippen LogP contribution in [0.1, 0.15) is 19.4 Å². The van der Waals surface area contributed by atoms with Crippen LogP contribution in [0.4, 0.5) is 0 Å². The van der Waals surface area contributed by atoms with Gasteiger partial charge in [0, 0.05) is 4.90 Å². The summed E-state index contributed by atoms with van der Waals surface area (Å²) in [7, 11) is 0. The van der Waals surface area contributed by atoms with Crippen molar-refractivity contribution in [2.45, 2.75) is 25.2 Å². The molecule has 0 amide bonds. The Balaban J connectivity index is 2.36. The molecular weight excluding hydrogens is 264 g/mol. The van der Waals surface area contributed by atoms with Crippen molar-refractivity contribution >= 4 is 17.7 Å². The van der Waals surface area contributed by atoms with E-state index in [1.54, 1.807) is 25.6 Å². The molecule has 5 heteroatoms. The Morgan fingerprint density at radius 2 is 1.89 bits per heavy atom. The summed E-state index contributed by atoms with van der Waals surface area (Å²) in [5.74, 6) is 0.655. The number of carboxylic acid groups (broad SMARTS) is 1. The fourth-order valence-corrected chi connectivity index (χ4v) is 2.61. The molecule has 0 spiro atoms. The second-order valence-electron chi connectivity index (χ2n) is 5.17. The third-order valence-corrected chi connectivity index (χ3v) is 3.98. The normalized spacial score (nSPS) is 14.3. The van der Waals surface area contributed by atoms with Crippen molar-refractivity contribution in [3.63, 3.8) is 0 Å². The van der Waals surface area contributed by atoms with Crippen molar-refractivity contribution in [3.8, 4) is 11.5 Å². The molecule has 0 aromatic heterocycles. The van der Waals surface area contributed by atoms with E-state index in [1.165, 1.54) is 0 Å². The van der Waals surface area contributed by atoms with Crippen LogP contribution in [-0.4, -0.2) is 30.5 Å². The molecule has 1 aliphatic heterocycles. The molecule has 104 valence electrons. The summed E-state index contributed by atoms with van der Waals surface area (Å²) in [5, 5.41) is 9.24. The Morgan fingerprint density at radius 1 is 1.32 bits per heavy atom. The van der Waals surface area contributed by atoms with Crippen LogP contribution in [0.2, 0.25) is 0 Å². The first kappa shape index (κ1) is 14.1. The van der Waals surface area contributed by atoms with Gasteiger partial charge in [-0.15, -0.1) is 11.8 Å². The van der Waals surface area contributed by atoms with Crippen LogP contribution in [0.3, 0.4) is 0 Å². The van der Waals surface area contributed by atoms with Crippen molar-refractivity contribution < 1.29 is 19.4 Å². The number of hydrogen-bond donors (Lipinski definition) is 1. The third kappa shape index (κ3) is 2.97. The second-order valence-corrected chi connectivity index (χ2v) is 6.02. The smallest absolute Gasteiger partial charge is 0.309 e. The Labute approximate surface area is 117 Å². The van der Waals surface area contributed by atoms with E-state index in [4.69, 9.17) is 9.47 Å². The molecule has 1 aromatic rings. The van der Waals surface area contributed by atoms with Crippen LogP contribution < -0.4 is 9.47 Å². The lowest BCUT2D eigenvalue weighted by molar-refractivity contribution is -0.146. The SMILES string of the molecule is CSc1cc2c(cc1CC(C)(C)C(=O)O)OCCO2. The van der Waals surface area contributed by atoms with Gasteiger partial charge in [0.15, 0.2) is 11.5 Å². The van der Waals surface area contributed by atoms with Crippen molar-refractivity contribution in [1.82, 2.24) is 0 Å². The number of hydrogen-bond acceptors (Lipinski definition) is 4. The number of benzene rings is 1. The van der Waals surface area contributed by atoms with Crippen molar-refractivity contribution in [1.29, 1.82) is 0 Å². The van der Waals surface area contributed by atoms with Gasteiger partial charge in [-0.2, -0.15) is 0 Å². The number of aliphatic carboxylic acids is 1. The molecule has 19 heavy (non-hydrogen) atoms. The van der Waals surface area contributed by atoms with Gasteiger partial charge in [0.25, 0.3) is 0 Å². The van der Waals surface area contributed by atoms with Crippen LogP contribution in [0.5, 0.6) is 11.5 Å².